The molecule has 0 amide bonds. The van der Waals surface area contributed by atoms with Crippen molar-refractivity contribution in [3.8, 4) is 44.5 Å². The average molecular weight is 693 g/mol. The first-order valence-electron chi connectivity index (χ1n) is 19.8. The van der Waals surface area contributed by atoms with E-state index in [9.17, 15) is 0 Å². The third-order valence-electron chi connectivity index (χ3n) is 13.5. The summed E-state index contributed by atoms with van der Waals surface area (Å²) in [5.74, 6) is 0. The van der Waals surface area contributed by atoms with Crippen LogP contribution in [0.3, 0.4) is 0 Å². The maximum Gasteiger partial charge on any atom is -0.000718 e. The highest BCUT2D eigenvalue weighted by molar-refractivity contribution is 6.35. The summed E-state index contributed by atoms with van der Waals surface area (Å²) in [5, 5.41) is 21.5. The highest BCUT2D eigenvalue weighted by Crippen LogP contribution is 2.60. The summed E-state index contributed by atoms with van der Waals surface area (Å²) < 4.78 is 0. The van der Waals surface area contributed by atoms with Gasteiger partial charge in [-0.05, 0) is 173 Å². The van der Waals surface area contributed by atoms with Crippen molar-refractivity contribution in [3.05, 3.63) is 169 Å². The molecule has 252 valence electrons. The van der Waals surface area contributed by atoms with Gasteiger partial charge < -0.3 is 0 Å². The van der Waals surface area contributed by atoms with Crippen LogP contribution in [0.25, 0.3) is 131 Å². The Hall–Kier alpha value is -6.76. The van der Waals surface area contributed by atoms with Crippen molar-refractivity contribution >= 4 is 86.2 Å². The van der Waals surface area contributed by atoms with Crippen LogP contribution in [-0.2, 0) is 12.8 Å². The second-order valence-electron chi connectivity index (χ2n) is 16.1. The fourth-order valence-corrected chi connectivity index (χ4v) is 11.4. The summed E-state index contributed by atoms with van der Waals surface area (Å²) in [7, 11) is 0. The molecule has 14 rings (SSSR count). The summed E-state index contributed by atoms with van der Waals surface area (Å²) in [6, 6.07) is 60.9. The van der Waals surface area contributed by atoms with Gasteiger partial charge in [-0.25, -0.2) is 0 Å². The number of aryl methyl sites for hydroxylation is 2. The van der Waals surface area contributed by atoms with Crippen LogP contribution < -0.4 is 0 Å². The van der Waals surface area contributed by atoms with Gasteiger partial charge in [0.25, 0.3) is 0 Å². The molecule has 0 spiro atoms. The molecule has 0 aliphatic heterocycles. The first kappa shape index (κ1) is 28.7. The Morgan fingerprint density at radius 1 is 0.255 bits per heavy atom. The van der Waals surface area contributed by atoms with E-state index in [1.165, 1.54) is 148 Å². The maximum absolute atomic E-state index is 2.51. The van der Waals surface area contributed by atoms with E-state index in [0.717, 1.165) is 12.8 Å². The molecule has 2 aliphatic rings. The van der Waals surface area contributed by atoms with Crippen LogP contribution in [0.2, 0.25) is 0 Å². The van der Waals surface area contributed by atoms with E-state index >= 15 is 0 Å². The minimum Gasteiger partial charge on any atom is -0.0616 e. The van der Waals surface area contributed by atoms with Crippen LogP contribution >= 0.6 is 0 Å². The number of fused-ring (bicyclic) bond motifs is 4. The minimum atomic E-state index is 1.15. The van der Waals surface area contributed by atoms with E-state index in [1.54, 1.807) is 0 Å². The average Bonchev–Trinajstić information content (AvgIpc) is 3.58. The Bertz CT molecular complexity index is 3440. The fraction of sp³-hybridized carbons (Fsp3) is 0.0545. The summed E-state index contributed by atoms with van der Waals surface area (Å²) in [6.07, 6.45) is 3.51. The van der Waals surface area contributed by atoms with Crippen LogP contribution in [-0.4, -0.2) is 0 Å². The lowest BCUT2D eigenvalue weighted by molar-refractivity contribution is 0.808. The molecule has 0 saturated heterocycles. The molecule has 12 aromatic rings. The van der Waals surface area contributed by atoms with Crippen LogP contribution in [0.1, 0.15) is 17.5 Å². The van der Waals surface area contributed by atoms with Crippen molar-refractivity contribution in [1.29, 1.82) is 0 Å². The molecule has 0 aromatic heterocycles. The SMILES string of the molecule is c1cc2ccc3cccc4c(-c5c6c(c(-c7cc8cccc9ccc%10cccc7c%10c98)c7ccccc57)-c5ccc7c8c(ccc-6c58)CCC7)cc(c1)c2c34. The Balaban J connectivity index is 1.24. The second kappa shape index (κ2) is 10.1. The van der Waals surface area contributed by atoms with Crippen LogP contribution in [0.5, 0.6) is 0 Å². The zero-order valence-corrected chi connectivity index (χ0v) is 30.1. The molecular weight excluding hydrogens is 661 g/mol. The van der Waals surface area contributed by atoms with Gasteiger partial charge >= 0.3 is 0 Å². The van der Waals surface area contributed by atoms with Gasteiger partial charge in [0.1, 0.15) is 0 Å². The lowest BCUT2D eigenvalue weighted by Crippen LogP contribution is -2.01. The van der Waals surface area contributed by atoms with Gasteiger partial charge in [-0.3, -0.25) is 0 Å². The molecule has 55 heavy (non-hydrogen) atoms. The van der Waals surface area contributed by atoms with E-state index in [4.69, 9.17) is 0 Å². The van der Waals surface area contributed by atoms with Gasteiger partial charge in [0.2, 0.25) is 0 Å². The molecule has 0 N–H and O–H groups in total. The Labute approximate surface area is 317 Å². The monoisotopic (exact) mass is 692 g/mol. The van der Waals surface area contributed by atoms with Gasteiger partial charge in [0, 0.05) is 0 Å². The van der Waals surface area contributed by atoms with Gasteiger partial charge in [0.15, 0.2) is 0 Å². The first-order chi connectivity index (χ1) is 27.3. The van der Waals surface area contributed by atoms with Crippen LogP contribution in [0.15, 0.2) is 158 Å². The first-order valence-corrected chi connectivity index (χ1v) is 19.8. The Morgan fingerprint density at radius 2 is 0.673 bits per heavy atom. The summed E-state index contributed by atoms with van der Waals surface area (Å²) in [5.41, 5.74) is 13.9. The molecule has 0 fully saturated rings. The van der Waals surface area contributed by atoms with E-state index in [1.807, 2.05) is 0 Å². The lowest BCUT2D eigenvalue weighted by Gasteiger charge is -2.24. The smallest absolute Gasteiger partial charge is 0.000718 e. The highest BCUT2D eigenvalue weighted by atomic mass is 14.4. The van der Waals surface area contributed by atoms with E-state index < -0.39 is 0 Å². The molecule has 0 heteroatoms. The second-order valence-corrected chi connectivity index (χ2v) is 16.1. The molecule has 2 aliphatic carbocycles. The predicted molar refractivity (Wildman–Crippen MR) is 236 cm³/mol. The predicted octanol–water partition coefficient (Wildman–Crippen LogP) is 15.3. The van der Waals surface area contributed by atoms with Crippen molar-refractivity contribution in [2.75, 3.05) is 0 Å². The molecule has 12 aromatic carbocycles. The van der Waals surface area contributed by atoms with Crippen molar-refractivity contribution in [3.63, 3.8) is 0 Å². The Kier molecular flexibility index (Phi) is 5.25. The lowest BCUT2D eigenvalue weighted by atomic mass is 9.79. The summed E-state index contributed by atoms with van der Waals surface area (Å²) >= 11 is 0. The van der Waals surface area contributed by atoms with Crippen molar-refractivity contribution in [1.82, 2.24) is 0 Å². The van der Waals surface area contributed by atoms with E-state index in [-0.39, 0.29) is 0 Å². The third kappa shape index (κ3) is 3.50. The van der Waals surface area contributed by atoms with Gasteiger partial charge in [-0.15, -0.1) is 0 Å². The Morgan fingerprint density at radius 3 is 1.16 bits per heavy atom. The molecule has 0 nitrogen and oxygen atoms in total. The molecule has 0 radical (unpaired) electrons. The van der Waals surface area contributed by atoms with Crippen molar-refractivity contribution in [2.45, 2.75) is 19.3 Å². The number of hydrogen-bond acceptors (Lipinski definition) is 0. The van der Waals surface area contributed by atoms with Crippen LogP contribution in [0.4, 0.5) is 0 Å². The molecule has 0 saturated carbocycles. The largest absolute Gasteiger partial charge is 0.0616 e. The topological polar surface area (TPSA) is 0 Å². The maximum atomic E-state index is 2.51. The van der Waals surface area contributed by atoms with E-state index in [0.29, 0.717) is 0 Å². The molecule has 0 unspecified atom stereocenters. The fourth-order valence-electron chi connectivity index (χ4n) is 11.4. The quantitative estimate of drug-likeness (QED) is 0.158. The van der Waals surface area contributed by atoms with Gasteiger partial charge in [-0.1, -0.05) is 146 Å². The van der Waals surface area contributed by atoms with E-state index in [2.05, 4.69) is 158 Å². The number of benzene rings is 12. The van der Waals surface area contributed by atoms with Gasteiger partial charge in [-0.2, -0.15) is 0 Å². The van der Waals surface area contributed by atoms with Gasteiger partial charge in [0.05, 0.1) is 0 Å². The minimum absolute atomic E-state index is 1.15. The van der Waals surface area contributed by atoms with Crippen molar-refractivity contribution in [2.24, 2.45) is 0 Å². The zero-order valence-electron chi connectivity index (χ0n) is 30.1. The molecular formula is C55H32. The molecule has 0 atom stereocenters. The third-order valence-corrected chi connectivity index (χ3v) is 13.5. The summed E-state index contributed by atoms with van der Waals surface area (Å²) in [4.78, 5) is 0. The standard InChI is InChI=1S/C55H32/c1-2-17-39-38(16-1)51(44-28-36-14-4-10-30-20-22-34-12-6-18-40(44)49(34)47(30)36)54-42-26-24-32-8-3-9-33-25-27-43(53(42)46(32)33)55(54)52(39)45-29-37-15-5-11-31-21-23-35-13-7-19-41(45)50(35)48(31)37/h1-2,4-7,10-29H,3,8-9H2. The molecule has 0 heterocycles. The highest BCUT2D eigenvalue weighted by Gasteiger charge is 2.34. The number of hydrogen-bond donors (Lipinski definition) is 0. The normalized spacial score (nSPS) is 13.6. The number of rotatable bonds is 2. The van der Waals surface area contributed by atoms with Crippen LogP contribution in [0, 0.1) is 0 Å². The summed E-state index contributed by atoms with van der Waals surface area (Å²) in [6.45, 7) is 0. The van der Waals surface area contributed by atoms with Crippen molar-refractivity contribution < 1.29 is 0 Å². The zero-order chi connectivity index (χ0) is 35.5. The molecule has 0 bridgehead atoms.